The molecule has 0 saturated carbocycles. The lowest BCUT2D eigenvalue weighted by atomic mass is 10.0. The van der Waals surface area contributed by atoms with Crippen LogP contribution in [0.3, 0.4) is 0 Å². The van der Waals surface area contributed by atoms with Gasteiger partial charge in [0.25, 0.3) is 0 Å². The fourth-order valence-electron chi connectivity index (χ4n) is 3.21. The van der Waals surface area contributed by atoms with Gasteiger partial charge in [-0.1, -0.05) is 90.3 Å². The molecule has 32 heavy (non-hydrogen) atoms. The summed E-state index contributed by atoms with van der Waals surface area (Å²) in [5, 5.41) is 0. The van der Waals surface area contributed by atoms with Crippen LogP contribution in [0.1, 0.15) is 11.1 Å². The average molecular weight is 453 g/mol. The number of benzene rings is 4. The van der Waals surface area contributed by atoms with Gasteiger partial charge in [0.1, 0.15) is 0 Å². The van der Waals surface area contributed by atoms with E-state index in [4.69, 9.17) is 9.98 Å². The van der Waals surface area contributed by atoms with E-state index in [-0.39, 0.29) is 0 Å². The van der Waals surface area contributed by atoms with Crippen LogP contribution in [0.2, 0.25) is 0 Å². The maximum absolute atomic E-state index is 4.73. The van der Waals surface area contributed by atoms with Crippen molar-refractivity contribution in [2.24, 2.45) is 9.98 Å². The zero-order chi connectivity index (χ0) is 22.2. The molecular weight excluding hydrogens is 428 g/mol. The van der Waals surface area contributed by atoms with E-state index in [0.717, 1.165) is 22.5 Å². The highest BCUT2D eigenvalue weighted by Crippen LogP contribution is 2.31. The van der Waals surface area contributed by atoms with Crippen molar-refractivity contribution in [1.82, 2.24) is 0 Å². The monoisotopic (exact) mass is 452 g/mol. The Kier molecular flexibility index (Phi) is 7.59. The van der Waals surface area contributed by atoms with E-state index in [9.17, 15) is 0 Å². The maximum Gasteiger partial charge on any atom is 0.0663 e. The summed E-state index contributed by atoms with van der Waals surface area (Å²) in [6.07, 6.45) is 0. The molecule has 0 N–H and O–H groups in total. The molecule has 0 aliphatic carbocycles. The summed E-state index contributed by atoms with van der Waals surface area (Å²) in [6.45, 7) is 4.23. The first kappa shape index (κ1) is 22.1. The second-order valence-electron chi connectivity index (χ2n) is 7.34. The molecule has 4 aromatic rings. The van der Waals surface area contributed by atoms with Crippen LogP contribution in [0.5, 0.6) is 0 Å². The van der Waals surface area contributed by atoms with Gasteiger partial charge in [0.15, 0.2) is 0 Å². The summed E-state index contributed by atoms with van der Waals surface area (Å²) >= 11 is 3.26. The average Bonchev–Trinajstić information content (AvgIpc) is 2.82. The Morgan fingerprint density at radius 3 is 1.50 bits per heavy atom. The van der Waals surface area contributed by atoms with Gasteiger partial charge in [0, 0.05) is 9.79 Å². The van der Waals surface area contributed by atoms with E-state index in [2.05, 4.69) is 98.8 Å². The predicted octanol–water partition coefficient (Wildman–Crippen LogP) is 8.87. The first-order chi connectivity index (χ1) is 15.7. The number of aliphatic imine (C=N–C) groups is 2. The Balaban J connectivity index is 1.59. The van der Waals surface area contributed by atoms with Crippen LogP contribution in [-0.4, -0.2) is 11.1 Å². The molecule has 0 amide bonds. The Morgan fingerprint density at radius 1 is 0.531 bits per heavy atom. The number of hydrogen-bond donors (Lipinski definition) is 0. The van der Waals surface area contributed by atoms with E-state index >= 15 is 0 Å². The third kappa shape index (κ3) is 6.00. The largest absolute Gasteiger partial charge is 0.250 e. The summed E-state index contributed by atoms with van der Waals surface area (Å²) in [5.41, 5.74) is 10.3. The zero-order valence-corrected chi connectivity index (χ0v) is 19.7. The molecule has 4 rings (SSSR count). The molecule has 0 aromatic heterocycles. The Bertz CT molecular complexity index is 1170. The Labute approximate surface area is 198 Å². The van der Waals surface area contributed by atoms with Gasteiger partial charge in [-0.15, -0.1) is 0 Å². The third-order valence-electron chi connectivity index (χ3n) is 4.96. The molecule has 4 heteroatoms. The van der Waals surface area contributed by atoms with Gasteiger partial charge in [-0.2, -0.15) is 0 Å². The van der Waals surface area contributed by atoms with Gasteiger partial charge in [0.2, 0.25) is 0 Å². The molecule has 0 radical (unpaired) electrons. The van der Waals surface area contributed by atoms with Crippen molar-refractivity contribution in [2.75, 3.05) is 0 Å². The molecule has 0 saturated heterocycles. The van der Waals surface area contributed by atoms with Crippen molar-refractivity contribution in [1.29, 1.82) is 0 Å². The smallest absolute Gasteiger partial charge is 0.0663 e. The lowest BCUT2D eigenvalue weighted by Gasteiger charge is -2.06. The summed E-state index contributed by atoms with van der Waals surface area (Å²) in [5.74, 6) is 0. The van der Waals surface area contributed by atoms with Crippen molar-refractivity contribution >= 4 is 46.0 Å². The van der Waals surface area contributed by atoms with Gasteiger partial charge in [-0.3, -0.25) is 0 Å². The molecule has 4 aromatic carbocycles. The number of nitrogens with zero attached hydrogens (tertiary/aromatic N) is 2. The minimum absolute atomic E-state index is 0.889. The fraction of sp³-hybridized carbons (Fsp3) is 0.0714. The SMILES string of the molecule is Cc1ccccc1SC=Nc1cc(N=CSc2ccccc2C)cc(-c2ccccc2)c1. The molecular formula is C28H24N2S2. The molecule has 0 aliphatic heterocycles. The van der Waals surface area contributed by atoms with Gasteiger partial charge in [-0.05, 0) is 66.4 Å². The van der Waals surface area contributed by atoms with Gasteiger partial charge in [-0.25, -0.2) is 9.98 Å². The van der Waals surface area contributed by atoms with E-state index in [1.54, 1.807) is 23.5 Å². The highest BCUT2D eigenvalue weighted by atomic mass is 32.2. The Morgan fingerprint density at radius 2 is 1.00 bits per heavy atom. The van der Waals surface area contributed by atoms with Crippen molar-refractivity contribution < 1.29 is 0 Å². The number of thioether (sulfide) groups is 2. The van der Waals surface area contributed by atoms with Crippen LogP contribution in [0.25, 0.3) is 11.1 Å². The first-order valence-electron chi connectivity index (χ1n) is 10.4. The molecule has 0 atom stereocenters. The molecule has 0 fully saturated rings. The van der Waals surface area contributed by atoms with Crippen molar-refractivity contribution in [3.8, 4) is 11.1 Å². The zero-order valence-electron chi connectivity index (χ0n) is 18.1. The summed E-state index contributed by atoms with van der Waals surface area (Å²) in [6, 6.07) is 33.3. The number of aryl methyl sites for hydroxylation is 2. The maximum atomic E-state index is 4.73. The molecule has 0 aliphatic rings. The molecule has 0 spiro atoms. The van der Waals surface area contributed by atoms with Crippen molar-refractivity contribution in [3.05, 3.63) is 108 Å². The topological polar surface area (TPSA) is 24.7 Å². The minimum Gasteiger partial charge on any atom is -0.250 e. The van der Waals surface area contributed by atoms with Crippen LogP contribution >= 0.6 is 23.5 Å². The van der Waals surface area contributed by atoms with Crippen LogP contribution in [-0.2, 0) is 0 Å². The summed E-state index contributed by atoms with van der Waals surface area (Å²) in [4.78, 5) is 11.9. The highest BCUT2D eigenvalue weighted by Gasteiger charge is 2.03. The van der Waals surface area contributed by atoms with Gasteiger partial charge in [0.05, 0.1) is 22.5 Å². The predicted molar refractivity (Wildman–Crippen MR) is 142 cm³/mol. The fourth-order valence-corrected chi connectivity index (χ4v) is 4.60. The first-order valence-corrected chi connectivity index (χ1v) is 12.2. The second-order valence-corrected chi connectivity index (χ2v) is 9.11. The standard InChI is InChI=1S/C28H24N2S2/c1-21-10-6-8-14-27(21)31-19-29-25-16-24(23-12-4-3-5-13-23)17-26(18-25)30-20-32-28-15-9-7-11-22(28)2/h3-20H,1-2H3. The van der Waals surface area contributed by atoms with Gasteiger partial charge >= 0.3 is 0 Å². The van der Waals surface area contributed by atoms with Crippen LogP contribution < -0.4 is 0 Å². The van der Waals surface area contributed by atoms with Crippen LogP contribution in [0.15, 0.2) is 117 Å². The molecule has 0 unspecified atom stereocenters. The summed E-state index contributed by atoms with van der Waals surface area (Å²) < 4.78 is 0. The van der Waals surface area contributed by atoms with E-state index in [1.165, 1.54) is 20.9 Å². The van der Waals surface area contributed by atoms with Gasteiger partial charge < -0.3 is 0 Å². The lowest BCUT2D eigenvalue weighted by Crippen LogP contribution is -1.80. The number of hydrogen-bond acceptors (Lipinski definition) is 4. The normalized spacial score (nSPS) is 11.4. The Hall–Kier alpha value is -3.08. The van der Waals surface area contributed by atoms with Crippen LogP contribution in [0.4, 0.5) is 11.4 Å². The van der Waals surface area contributed by atoms with Crippen molar-refractivity contribution in [3.63, 3.8) is 0 Å². The molecule has 158 valence electrons. The second kappa shape index (κ2) is 11.0. The quantitative estimate of drug-likeness (QED) is 0.159. The summed E-state index contributed by atoms with van der Waals surface area (Å²) in [7, 11) is 0. The van der Waals surface area contributed by atoms with Crippen LogP contribution in [0, 0.1) is 13.8 Å². The van der Waals surface area contributed by atoms with E-state index < -0.39 is 0 Å². The number of rotatable bonds is 7. The molecule has 0 heterocycles. The van der Waals surface area contributed by atoms with Crippen molar-refractivity contribution in [2.45, 2.75) is 23.6 Å². The highest BCUT2D eigenvalue weighted by molar-refractivity contribution is 8.12. The third-order valence-corrected chi connectivity index (χ3v) is 6.81. The lowest BCUT2D eigenvalue weighted by molar-refractivity contribution is 1.31. The van der Waals surface area contributed by atoms with E-state index in [1.807, 2.05) is 23.2 Å². The minimum atomic E-state index is 0.889. The molecule has 2 nitrogen and oxygen atoms in total. The van der Waals surface area contributed by atoms with E-state index in [0.29, 0.717) is 0 Å². The molecule has 0 bridgehead atoms.